The fraction of sp³-hybridized carbons (Fsp3) is 0. The van der Waals surface area contributed by atoms with Crippen LogP contribution in [0.3, 0.4) is 0 Å². The minimum atomic E-state index is -1.57. The lowest BCUT2D eigenvalue weighted by molar-refractivity contribution is 0.425. The van der Waals surface area contributed by atoms with Gasteiger partial charge in [0.25, 0.3) is 5.56 Å². The zero-order valence-corrected chi connectivity index (χ0v) is 8.32. The van der Waals surface area contributed by atoms with Crippen LogP contribution in [-0.2, 0) is 0 Å². The topological polar surface area (TPSA) is 75.4 Å². The molecule has 0 saturated heterocycles. The van der Waals surface area contributed by atoms with Crippen molar-refractivity contribution in [2.75, 3.05) is 0 Å². The number of hydrogen-bond donors (Lipinski definition) is 2. The molecule has 0 aliphatic heterocycles. The lowest BCUT2D eigenvalue weighted by Crippen LogP contribution is -2.31. The summed E-state index contributed by atoms with van der Waals surface area (Å²) in [5.41, 5.74) is 0.0698. The number of rotatable bonds is 2. The molecule has 16 heavy (non-hydrogen) atoms. The summed E-state index contributed by atoms with van der Waals surface area (Å²) in [6, 6.07) is 7.66. The molecule has 0 bridgehead atoms. The Kier molecular flexibility index (Phi) is 2.85. The quantitative estimate of drug-likeness (QED) is 0.625. The van der Waals surface area contributed by atoms with Crippen LogP contribution in [0.25, 0.3) is 5.82 Å². The number of hydrogen-bond acceptors (Lipinski definition) is 4. The Labute approximate surface area is 91.8 Å². The first kappa shape index (κ1) is 10.6. The predicted molar refractivity (Wildman–Crippen MR) is 59.7 cm³/mol. The van der Waals surface area contributed by atoms with Gasteiger partial charge in [0.15, 0.2) is 0 Å². The third-order valence-electron chi connectivity index (χ3n) is 2.14. The van der Waals surface area contributed by atoms with Crippen molar-refractivity contribution < 1.29 is 10.0 Å². The molecule has 0 atom stereocenters. The Morgan fingerprint density at radius 1 is 1.25 bits per heavy atom. The minimum Gasteiger partial charge on any atom is -0.423 e. The van der Waals surface area contributed by atoms with E-state index in [2.05, 4.69) is 4.98 Å². The highest BCUT2D eigenvalue weighted by Crippen LogP contribution is 1.97. The Hall–Kier alpha value is -1.92. The standard InChI is InChI=1S/C10H9BN2O3/c14-10-3-1-2-6-13(10)9-7-8(11(15)16)4-5-12-9/h1-7,15-16H. The molecule has 0 radical (unpaired) electrons. The normalized spacial score (nSPS) is 10.1. The van der Waals surface area contributed by atoms with Crippen molar-refractivity contribution in [1.82, 2.24) is 9.55 Å². The van der Waals surface area contributed by atoms with Crippen LogP contribution >= 0.6 is 0 Å². The molecule has 2 rings (SSSR count). The molecular weight excluding hydrogens is 207 g/mol. The maximum Gasteiger partial charge on any atom is 0.488 e. The van der Waals surface area contributed by atoms with Crippen molar-refractivity contribution in [1.29, 1.82) is 0 Å². The van der Waals surface area contributed by atoms with E-state index in [-0.39, 0.29) is 5.56 Å². The van der Waals surface area contributed by atoms with Gasteiger partial charge in [0.2, 0.25) is 0 Å². The van der Waals surface area contributed by atoms with E-state index in [1.54, 1.807) is 18.3 Å². The van der Waals surface area contributed by atoms with Crippen molar-refractivity contribution in [2.45, 2.75) is 0 Å². The van der Waals surface area contributed by atoms with Crippen LogP contribution in [0, 0.1) is 0 Å². The Bertz CT molecular complexity index is 554. The number of nitrogens with zero attached hydrogens (tertiary/aromatic N) is 2. The van der Waals surface area contributed by atoms with Crippen LogP contribution in [0.4, 0.5) is 0 Å². The third-order valence-corrected chi connectivity index (χ3v) is 2.14. The molecule has 2 aromatic rings. The summed E-state index contributed by atoms with van der Waals surface area (Å²) in [6.45, 7) is 0. The van der Waals surface area contributed by atoms with Crippen molar-refractivity contribution >= 4 is 12.6 Å². The molecule has 0 amide bonds. The highest BCUT2D eigenvalue weighted by Gasteiger charge is 2.12. The lowest BCUT2D eigenvalue weighted by atomic mass is 9.81. The van der Waals surface area contributed by atoms with Gasteiger partial charge in [0.05, 0.1) is 0 Å². The summed E-state index contributed by atoms with van der Waals surface area (Å²) in [4.78, 5) is 15.5. The fourth-order valence-electron chi connectivity index (χ4n) is 1.34. The summed E-state index contributed by atoms with van der Waals surface area (Å²) in [5.74, 6) is 0.358. The van der Waals surface area contributed by atoms with Gasteiger partial charge in [-0.1, -0.05) is 6.07 Å². The second-order valence-electron chi connectivity index (χ2n) is 3.23. The van der Waals surface area contributed by atoms with E-state index in [1.165, 1.54) is 29.0 Å². The highest BCUT2D eigenvalue weighted by molar-refractivity contribution is 6.58. The van der Waals surface area contributed by atoms with E-state index in [0.717, 1.165) is 0 Å². The first-order chi connectivity index (χ1) is 7.68. The molecule has 0 unspecified atom stereocenters. The molecule has 2 heterocycles. The molecule has 6 heteroatoms. The number of pyridine rings is 2. The maximum absolute atomic E-state index is 11.5. The van der Waals surface area contributed by atoms with Crippen molar-refractivity contribution in [3.63, 3.8) is 0 Å². The molecule has 2 aromatic heterocycles. The summed E-state index contributed by atoms with van der Waals surface area (Å²) in [6.07, 6.45) is 2.99. The average molecular weight is 216 g/mol. The first-order valence-corrected chi connectivity index (χ1v) is 4.68. The second kappa shape index (κ2) is 4.30. The van der Waals surface area contributed by atoms with E-state index in [4.69, 9.17) is 10.0 Å². The van der Waals surface area contributed by atoms with Gasteiger partial charge in [-0.15, -0.1) is 0 Å². The van der Waals surface area contributed by atoms with Crippen LogP contribution in [-0.4, -0.2) is 26.7 Å². The van der Waals surface area contributed by atoms with E-state index < -0.39 is 7.12 Å². The van der Waals surface area contributed by atoms with Gasteiger partial charge >= 0.3 is 7.12 Å². The fourth-order valence-corrected chi connectivity index (χ4v) is 1.34. The van der Waals surface area contributed by atoms with Gasteiger partial charge in [0.1, 0.15) is 5.82 Å². The highest BCUT2D eigenvalue weighted by atomic mass is 16.4. The van der Waals surface area contributed by atoms with Gasteiger partial charge < -0.3 is 10.0 Å². The molecule has 5 nitrogen and oxygen atoms in total. The van der Waals surface area contributed by atoms with E-state index in [0.29, 0.717) is 11.3 Å². The van der Waals surface area contributed by atoms with Crippen LogP contribution < -0.4 is 11.0 Å². The Balaban J connectivity index is 2.53. The summed E-state index contributed by atoms with van der Waals surface area (Å²) in [7, 11) is -1.57. The molecule has 0 aliphatic carbocycles. The Morgan fingerprint density at radius 2 is 2.06 bits per heavy atom. The average Bonchev–Trinajstić information content (AvgIpc) is 2.30. The predicted octanol–water partition coefficient (Wildman–Crippen LogP) is -1.09. The zero-order valence-electron chi connectivity index (χ0n) is 8.32. The summed E-state index contributed by atoms with van der Waals surface area (Å²) < 4.78 is 1.33. The molecule has 0 aromatic carbocycles. The van der Waals surface area contributed by atoms with Gasteiger partial charge in [-0.05, 0) is 23.7 Å². The molecule has 0 spiro atoms. The van der Waals surface area contributed by atoms with E-state index >= 15 is 0 Å². The molecule has 80 valence electrons. The monoisotopic (exact) mass is 216 g/mol. The maximum atomic E-state index is 11.5. The molecule has 0 saturated carbocycles. The summed E-state index contributed by atoms with van der Waals surface area (Å²) >= 11 is 0. The molecule has 0 aliphatic rings. The molecular formula is C10H9BN2O3. The first-order valence-electron chi connectivity index (χ1n) is 4.68. The SMILES string of the molecule is O=c1ccccn1-c1cc(B(O)O)ccn1. The van der Waals surface area contributed by atoms with Crippen LogP contribution in [0.1, 0.15) is 0 Å². The largest absolute Gasteiger partial charge is 0.488 e. The second-order valence-corrected chi connectivity index (χ2v) is 3.23. The van der Waals surface area contributed by atoms with E-state index in [1.807, 2.05) is 0 Å². The van der Waals surface area contributed by atoms with Crippen molar-refractivity contribution in [3.05, 3.63) is 53.1 Å². The smallest absolute Gasteiger partial charge is 0.423 e. The lowest BCUT2D eigenvalue weighted by Gasteiger charge is -2.05. The zero-order chi connectivity index (χ0) is 11.5. The van der Waals surface area contributed by atoms with E-state index in [9.17, 15) is 4.79 Å². The van der Waals surface area contributed by atoms with Crippen LogP contribution in [0.2, 0.25) is 0 Å². The van der Waals surface area contributed by atoms with Crippen molar-refractivity contribution in [2.24, 2.45) is 0 Å². The molecule has 0 fully saturated rings. The number of aromatic nitrogens is 2. The van der Waals surface area contributed by atoms with Gasteiger partial charge in [-0.3, -0.25) is 9.36 Å². The minimum absolute atomic E-state index is 0.223. The van der Waals surface area contributed by atoms with Gasteiger partial charge in [-0.25, -0.2) is 4.98 Å². The van der Waals surface area contributed by atoms with Crippen molar-refractivity contribution in [3.8, 4) is 5.82 Å². The summed E-state index contributed by atoms with van der Waals surface area (Å²) in [5, 5.41) is 18.0. The van der Waals surface area contributed by atoms with Gasteiger partial charge in [-0.2, -0.15) is 0 Å². The third kappa shape index (κ3) is 2.02. The van der Waals surface area contributed by atoms with Gasteiger partial charge in [0, 0.05) is 18.5 Å². The molecule has 2 N–H and O–H groups in total. The van der Waals surface area contributed by atoms with Crippen LogP contribution in [0.15, 0.2) is 47.5 Å². The Morgan fingerprint density at radius 3 is 2.75 bits per heavy atom. The van der Waals surface area contributed by atoms with Crippen LogP contribution in [0.5, 0.6) is 0 Å².